The number of anilines is 1. The molecule has 2 heterocycles. The van der Waals surface area contributed by atoms with Gasteiger partial charge in [-0.05, 0) is 42.8 Å². The number of nitrogens with zero attached hydrogens (tertiary/aromatic N) is 2. The van der Waals surface area contributed by atoms with Crippen LogP contribution in [0.4, 0.5) is 10.1 Å². The number of aromatic nitrogens is 1. The van der Waals surface area contributed by atoms with Gasteiger partial charge in [0.2, 0.25) is 5.43 Å². The zero-order valence-electron chi connectivity index (χ0n) is 16.5. The summed E-state index contributed by atoms with van der Waals surface area (Å²) < 4.78 is 31.8. The molecule has 1 aliphatic rings. The summed E-state index contributed by atoms with van der Waals surface area (Å²) in [5, 5.41) is 9.34. The Labute approximate surface area is 180 Å². The van der Waals surface area contributed by atoms with Gasteiger partial charge in [-0.3, -0.25) is 14.6 Å². The number of benzene rings is 2. The first-order valence-electron chi connectivity index (χ1n) is 9.52. The van der Waals surface area contributed by atoms with Crippen LogP contribution in [0.15, 0.2) is 47.4 Å². The molecule has 1 aromatic heterocycles. The highest BCUT2D eigenvalue weighted by atomic mass is 31.2. The zero-order chi connectivity index (χ0) is 23.2. The van der Waals surface area contributed by atoms with Crippen LogP contribution in [-0.2, 0) is 4.57 Å². The van der Waals surface area contributed by atoms with E-state index in [1.165, 1.54) is 34.9 Å². The second-order valence-electron chi connectivity index (χ2n) is 7.44. The number of halogens is 1. The van der Waals surface area contributed by atoms with E-state index >= 15 is 0 Å². The van der Waals surface area contributed by atoms with E-state index in [1.807, 2.05) is 0 Å². The van der Waals surface area contributed by atoms with Gasteiger partial charge in [0.25, 0.3) is 0 Å². The average molecular weight is 463 g/mol. The van der Waals surface area contributed by atoms with Crippen LogP contribution in [0, 0.1) is 5.82 Å². The molecule has 32 heavy (non-hydrogen) atoms. The number of hydrogen-bond donors (Lipinski definition) is 4. The summed E-state index contributed by atoms with van der Waals surface area (Å²) in [6, 6.07) is 7.79. The van der Waals surface area contributed by atoms with Crippen LogP contribution in [0.5, 0.6) is 5.75 Å². The fourth-order valence-electron chi connectivity index (χ4n) is 3.75. The number of carbonyl (C=O) groups is 1. The third-order valence-corrected chi connectivity index (χ3v) is 5.66. The van der Waals surface area contributed by atoms with Crippen molar-refractivity contribution in [3.8, 4) is 11.4 Å². The fourth-order valence-corrected chi connectivity index (χ4v) is 4.15. The van der Waals surface area contributed by atoms with Gasteiger partial charge in [-0.15, -0.1) is 0 Å². The van der Waals surface area contributed by atoms with E-state index in [1.54, 1.807) is 4.90 Å². The molecule has 0 amide bonds. The number of phosphoric acid groups is 1. The smallest absolute Gasteiger partial charge is 0.477 e. The normalized spacial score (nSPS) is 16.5. The van der Waals surface area contributed by atoms with E-state index in [0.717, 1.165) is 12.3 Å². The first-order chi connectivity index (χ1) is 15.0. The minimum Gasteiger partial charge on any atom is -0.477 e. The number of aromatic carboxylic acids is 1. The highest BCUT2D eigenvalue weighted by molar-refractivity contribution is 7.46. The Bertz CT molecular complexity index is 1320. The quantitative estimate of drug-likeness (QED) is 0.415. The number of rotatable bonds is 5. The Balaban J connectivity index is 1.91. The van der Waals surface area contributed by atoms with Crippen molar-refractivity contribution in [3.05, 3.63) is 64.2 Å². The van der Waals surface area contributed by atoms with Gasteiger partial charge in [0.1, 0.15) is 17.1 Å². The number of carboxylic acids is 1. The highest BCUT2D eigenvalue weighted by Gasteiger charge is 2.24. The molecule has 0 bridgehead atoms. The molecule has 0 spiro atoms. The first kappa shape index (κ1) is 22.0. The topological polar surface area (TPSA) is 155 Å². The zero-order valence-corrected chi connectivity index (χ0v) is 17.4. The van der Waals surface area contributed by atoms with Crippen LogP contribution < -0.4 is 20.6 Å². The molecule has 12 heteroatoms. The van der Waals surface area contributed by atoms with Crippen molar-refractivity contribution < 1.29 is 33.2 Å². The molecule has 0 saturated carbocycles. The van der Waals surface area contributed by atoms with Gasteiger partial charge in [0.15, 0.2) is 0 Å². The number of pyridine rings is 1. The lowest BCUT2D eigenvalue weighted by atomic mass is 10.1. The molecule has 1 unspecified atom stereocenters. The Hall–Kier alpha value is -3.24. The van der Waals surface area contributed by atoms with Gasteiger partial charge < -0.3 is 24.8 Å². The standard InChI is InChI=1S/C20H19FN3O7P/c21-16-7-14-17(8-18(16)23-6-5-11(22)9-23)24(10-15(19(14)25)20(26)27)12-1-3-13(4-2-12)31-32(28,29)30/h1-4,7-8,10-11H,5-6,9,22H2,(H,26,27)(H2,28,29,30). The summed E-state index contributed by atoms with van der Waals surface area (Å²) in [5.74, 6) is -2.24. The number of carboxylic acid groups (broad SMARTS) is 1. The molecule has 1 saturated heterocycles. The molecular formula is C20H19FN3O7P. The summed E-state index contributed by atoms with van der Waals surface area (Å²) in [4.78, 5) is 44.0. The molecule has 168 valence electrons. The van der Waals surface area contributed by atoms with E-state index in [2.05, 4.69) is 4.52 Å². The van der Waals surface area contributed by atoms with Crippen LogP contribution in [0.2, 0.25) is 0 Å². The predicted molar refractivity (Wildman–Crippen MR) is 114 cm³/mol. The van der Waals surface area contributed by atoms with E-state index in [4.69, 9.17) is 15.5 Å². The summed E-state index contributed by atoms with van der Waals surface area (Å²) in [7, 11) is -4.75. The molecule has 3 aromatic rings. The molecule has 0 radical (unpaired) electrons. The van der Waals surface area contributed by atoms with Crippen LogP contribution >= 0.6 is 7.82 Å². The second kappa shape index (κ2) is 8.03. The Morgan fingerprint density at radius 2 is 1.91 bits per heavy atom. The van der Waals surface area contributed by atoms with Gasteiger partial charge in [-0.2, -0.15) is 0 Å². The van der Waals surface area contributed by atoms with Crippen LogP contribution in [-0.4, -0.2) is 44.6 Å². The van der Waals surface area contributed by atoms with E-state index < -0.39 is 30.6 Å². The minimum absolute atomic E-state index is 0.108. The van der Waals surface area contributed by atoms with Crippen LogP contribution in [0.1, 0.15) is 16.8 Å². The molecule has 5 N–H and O–H groups in total. The molecule has 2 aromatic carbocycles. The number of nitrogens with two attached hydrogens (primary N) is 1. The van der Waals surface area contributed by atoms with Crippen molar-refractivity contribution in [2.45, 2.75) is 12.5 Å². The molecule has 0 aliphatic carbocycles. The predicted octanol–water partition coefficient (Wildman–Crippen LogP) is 1.84. The molecular weight excluding hydrogens is 444 g/mol. The monoisotopic (exact) mass is 463 g/mol. The maximum atomic E-state index is 14.9. The molecule has 1 fully saturated rings. The summed E-state index contributed by atoms with van der Waals surface area (Å²) in [5.41, 5.74) is 5.42. The van der Waals surface area contributed by atoms with Gasteiger partial charge >= 0.3 is 13.8 Å². The van der Waals surface area contributed by atoms with E-state index in [-0.39, 0.29) is 28.4 Å². The maximum absolute atomic E-state index is 14.9. The highest BCUT2D eigenvalue weighted by Crippen LogP contribution is 2.38. The lowest BCUT2D eigenvalue weighted by Crippen LogP contribution is -2.27. The fraction of sp³-hybridized carbons (Fsp3) is 0.200. The second-order valence-corrected chi connectivity index (χ2v) is 8.60. The van der Waals surface area contributed by atoms with Crippen molar-refractivity contribution in [3.63, 3.8) is 0 Å². The Kier molecular flexibility index (Phi) is 5.51. The average Bonchev–Trinajstić information content (AvgIpc) is 3.13. The molecule has 1 aliphatic heterocycles. The lowest BCUT2D eigenvalue weighted by molar-refractivity contribution is 0.0695. The third kappa shape index (κ3) is 4.23. The molecule has 10 nitrogen and oxygen atoms in total. The van der Waals surface area contributed by atoms with Crippen LogP contribution in [0.3, 0.4) is 0 Å². The van der Waals surface area contributed by atoms with Gasteiger partial charge in [0, 0.05) is 36.4 Å². The lowest BCUT2D eigenvalue weighted by Gasteiger charge is -2.21. The van der Waals surface area contributed by atoms with Crippen molar-refractivity contribution in [2.24, 2.45) is 5.73 Å². The largest absolute Gasteiger partial charge is 0.524 e. The summed E-state index contributed by atoms with van der Waals surface area (Å²) in [6.45, 7) is 0.976. The summed E-state index contributed by atoms with van der Waals surface area (Å²) in [6.07, 6.45) is 1.81. The van der Waals surface area contributed by atoms with Crippen molar-refractivity contribution in [2.75, 3.05) is 18.0 Å². The third-order valence-electron chi connectivity index (χ3n) is 5.21. The van der Waals surface area contributed by atoms with Gasteiger partial charge in [0.05, 0.1) is 11.2 Å². The SMILES string of the molecule is NC1CCN(c2cc3c(cc2F)c(=O)c(C(=O)O)cn3-c2ccc(OP(=O)(O)O)cc2)C1. The molecule has 4 rings (SSSR count). The number of phosphoric ester groups is 1. The van der Waals surface area contributed by atoms with E-state index in [0.29, 0.717) is 25.2 Å². The van der Waals surface area contributed by atoms with E-state index in [9.17, 15) is 23.7 Å². The Morgan fingerprint density at radius 1 is 1.22 bits per heavy atom. The first-order valence-corrected chi connectivity index (χ1v) is 11.0. The van der Waals surface area contributed by atoms with Gasteiger partial charge in [-0.25, -0.2) is 13.8 Å². The number of fused-ring (bicyclic) bond motifs is 1. The minimum atomic E-state index is -4.75. The molecule has 1 atom stereocenters. The maximum Gasteiger partial charge on any atom is 0.524 e. The number of hydrogen-bond acceptors (Lipinski definition) is 6. The van der Waals surface area contributed by atoms with Crippen molar-refractivity contribution in [1.29, 1.82) is 0 Å². The summed E-state index contributed by atoms with van der Waals surface area (Å²) >= 11 is 0. The Morgan fingerprint density at radius 3 is 2.47 bits per heavy atom. The van der Waals surface area contributed by atoms with Gasteiger partial charge in [-0.1, -0.05) is 0 Å². The van der Waals surface area contributed by atoms with Crippen molar-refractivity contribution >= 4 is 30.4 Å². The van der Waals surface area contributed by atoms with Crippen LogP contribution in [0.25, 0.3) is 16.6 Å². The van der Waals surface area contributed by atoms with Crippen molar-refractivity contribution in [1.82, 2.24) is 4.57 Å².